The molecular formula is C34H48FN2O9P. The molecular weight excluding hydrogens is 630 g/mol. The third-order valence-electron chi connectivity index (χ3n) is 7.68. The molecule has 0 aliphatic carbocycles. The molecule has 1 saturated heterocycles. The van der Waals surface area contributed by atoms with Crippen molar-refractivity contribution in [1.82, 2.24) is 9.80 Å². The van der Waals surface area contributed by atoms with Crippen molar-refractivity contribution in [2.24, 2.45) is 0 Å². The maximum atomic E-state index is 14.3. The monoisotopic (exact) mass is 678 g/mol. The van der Waals surface area contributed by atoms with Gasteiger partial charge in [-0.25, -0.2) is 18.9 Å². The zero-order valence-corrected chi connectivity index (χ0v) is 29.3. The van der Waals surface area contributed by atoms with Gasteiger partial charge in [0.15, 0.2) is 5.16 Å². The second-order valence-corrected chi connectivity index (χ2v) is 16.7. The van der Waals surface area contributed by atoms with Crippen molar-refractivity contribution in [3.05, 3.63) is 53.8 Å². The fourth-order valence-corrected chi connectivity index (χ4v) is 8.53. The topological polar surface area (TPSA) is 143 Å². The molecule has 0 bridgehead atoms. The molecule has 0 radical (unpaired) electrons. The van der Waals surface area contributed by atoms with Crippen LogP contribution in [-0.2, 0) is 29.9 Å². The fraction of sp³-hybridized carbons (Fsp3) is 0.559. The van der Waals surface area contributed by atoms with Gasteiger partial charge in [-0.05, 0) is 109 Å². The summed E-state index contributed by atoms with van der Waals surface area (Å²) < 4.78 is 45.2. The van der Waals surface area contributed by atoms with Crippen LogP contribution >= 0.6 is 7.37 Å². The van der Waals surface area contributed by atoms with Crippen molar-refractivity contribution in [1.29, 1.82) is 0 Å². The Morgan fingerprint density at radius 1 is 0.979 bits per heavy atom. The number of unbranched alkanes of at least 4 members (excludes halogenated alkanes) is 1. The van der Waals surface area contributed by atoms with Crippen molar-refractivity contribution in [3.63, 3.8) is 0 Å². The first-order chi connectivity index (χ1) is 21.8. The Morgan fingerprint density at radius 2 is 1.57 bits per heavy atom. The summed E-state index contributed by atoms with van der Waals surface area (Å²) in [5.41, 5.74) is 0.266. The molecule has 260 valence electrons. The van der Waals surface area contributed by atoms with E-state index in [1.54, 1.807) is 66.7 Å². The van der Waals surface area contributed by atoms with E-state index in [4.69, 9.17) is 14.0 Å². The number of carboxylic acid groups (broad SMARTS) is 1. The number of carbonyl (C=O) groups excluding carboxylic acids is 2. The number of carbonyl (C=O) groups is 3. The highest BCUT2D eigenvalue weighted by Gasteiger charge is 2.58. The van der Waals surface area contributed by atoms with Gasteiger partial charge in [-0.15, -0.1) is 0 Å². The number of hydrogen-bond donors (Lipinski definition) is 2. The first-order valence-corrected chi connectivity index (χ1v) is 17.6. The summed E-state index contributed by atoms with van der Waals surface area (Å²) in [5, 5.41) is 18.6. The summed E-state index contributed by atoms with van der Waals surface area (Å²) in [6, 6.07) is 10.7. The zero-order valence-electron chi connectivity index (χ0n) is 28.4. The van der Waals surface area contributed by atoms with Crippen LogP contribution in [0.1, 0.15) is 73.3 Å². The number of phenolic OH excluding ortho intramolecular Hbond substituents is 1. The van der Waals surface area contributed by atoms with Gasteiger partial charge in [0.2, 0.25) is 7.37 Å². The number of halogens is 1. The molecule has 1 unspecified atom stereocenters. The van der Waals surface area contributed by atoms with Gasteiger partial charge in [-0.2, -0.15) is 0 Å². The molecule has 2 aromatic rings. The van der Waals surface area contributed by atoms with Gasteiger partial charge in [-0.1, -0.05) is 18.2 Å². The summed E-state index contributed by atoms with van der Waals surface area (Å²) >= 11 is 0. The minimum atomic E-state index is -3.72. The Labute approximate surface area is 276 Å². The van der Waals surface area contributed by atoms with Gasteiger partial charge in [0.05, 0.1) is 6.61 Å². The minimum Gasteiger partial charge on any atom is -0.508 e. The molecule has 11 nitrogen and oxygen atoms in total. The van der Waals surface area contributed by atoms with E-state index >= 15 is 0 Å². The summed E-state index contributed by atoms with van der Waals surface area (Å²) in [7, 11) is -3.72. The van der Waals surface area contributed by atoms with Crippen LogP contribution in [-0.4, -0.2) is 86.9 Å². The number of nitrogens with zero attached hydrogens (tertiary/aromatic N) is 2. The van der Waals surface area contributed by atoms with Crippen LogP contribution in [0.4, 0.5) is 14.0 Å². The van der Waals surface area contributed by atoms with E-state index < -0.39 is 47.7 Å². The number of phenols is 1. The van der Waals surface area contributed by atoms with E-state index in [-0.39, 0.29) is 57.4 Å². The zero-order chi connectivity index (χ0) is 35.2. The number of aliphatic carboxylic acids is 1. The van der Waals surface area contributed by atoms with Gasteiger partial charge in [0, 0.05) is 32.3 Å². The van der Waals surface area contributed by atoms with Gasteiger partial charge < -0.3 is 24.2 Å². The quantitative estimate of drug-likeness (QED) is 0.181. The molecule has 1 aliphatic rings. The van der Waals surface area contributed by atoms with E-state index in [2.05, 4.69) is 0 Å². The number of amides is 2. The fourth-order valence-electron chi connectivity index (χ4n) is 5.56. The van der Waals surface area contributed by atoms with E-state index in [9.17, 15) is 33.6 Å². The molecule has 1 heterocycles. The number of carboxylic acids is 1. The smallest absolute Gasteiger partial charge is 0.419 e. The van der Waals surface area contributed by atoms with Crippen LogP contribution in [0.25, 0.3) is 11.1 Å². The number of hydrogen-bond acceptors (Lipinski definition) is 9. The second kappa shape index (κ2) is 15.2. The Morgan fingerprint density at radius 3 is 2.11 bits per heavy atom. The van der Waals surface area contributed by atoms with Crippen LogP contribution in [0.15, 0.2) is 42.5 Å². The first-order valence-electron chi connectivity index (χ1n) is 15.8. The average Bonchev–Trinajstić information content (AvgIpc) is 2.94. The van der Waals surface area contributed by atoms with Crippen molar-refractivity contribution >= 4 is 25.5 Å². The predicted molar refractivity (Wildman–Crippen MR) is 176 cm³/mol. The van der Waals surface area contributed by atoms with Gasteiger partial charge >= 0.3 is 18.2 Å². The SMILES string of the molecule is CCOP1(=O)CCN(Cc2ccc(F)cc2-c2ccc(O)cc2)C[C@@]1(CCCCN(C(=O)OC(C)(C)C)C(=O)OC(C)(C)C)C(=O)O. The lowest BCUT2D eigenvalue weighted by Crippen LogP contribution is -2.54. The summed E-state index contributed by atoms with van der Waals surface area (Å²) in [5.74, 6) is -1.63. The van der Waals surface area contributed by atoms with Crippen molar-refractivity contribution in [2.75, 3.05) is 32.4 Å². The normalized spacial score (nSPS) is 20.4. The average molecular weight is 679 g/mol. The van der Waals surface area contributed by atoms with Crippen LogP contribution in [0.2, 0.25) is 0 Å². The highest BCUT2D eigenvalue weighted by molar-refractivity contribution is 7.62. The molecule has 0 spiro atoms. The second-order valence-electron chi connectivity index (χ2n) is 13.8. The Kier molecular flexibility index (Phi) is 12.3. The lowest BCUT2D eigenvalue weighted by atomic mass is 9.97. The highest BCUT2D eigenvalue weighted by Crippen LogP contribution is 2.63. The number of imide groups is 1. The maximum absolute atomic E-state index is 14.3. The third-order valence-corrected chi connectivity index (χ3v) is 11.0. The van der Waals surface area contributed by atoms with Crippen LogP contribution < -0.4 is 0 Å². The predicted octanol–water partition coefficient (Wildman–Crippen LogP) is 7.49. The van der Waals surface area contributed by atoms with E-state index in [0.29, 0.717) is 17.7 Å². The van der Waals surface area contributed by atoms with Crippen molar-refractivity contribution in [2.45, 2.75) is 90.6 Å². The van der Waals surface area contributed by atoms with Crippen LogP contribution in [0.5, 0.6) is 5.75 Å². The highest BCUT2D eigenvalue weighted by atomic mass is 31.2. The standard InChI is InChI=1S/C34H48FN2O9P/c1-8-44-47(43)20-19-36(22-25-11-14-26(35)21-28(25)24-12-15-27(38)16-13-24)23-34(47,29(39)40)17-9-10-18-37(30(41)45-32(2,3)4)31(42)46-33(5,6)7/h11-16,21,38H,8-10,17-20,22-23H2,1-7H3,(H,39,40)/t34-,47?/m0/s1. The first kappa shape index (κ1) is 38.0. The molecule has 2 amide bonds. The molecule has 13 heteroatoms. The molecule has 2 atom stereocenters. The van der Waals surface area contributed by atoms with Crippen LogP contribution in [0.3, 0.4) is 0 Å². The lowest BCUT2D eigenvalue weighted by molar-refractivity contribution is -0.141. The number of ether oxygens (including phenoxy) is 2. The molecule has 2 aromatic carbocycles. The third kappa shape index (κ3) is 10.0. The molecule has 3 rings (SSSR count). The van der Waals surface area contributed by atoms with E-state index in [1.807, 2.05) is 4.90 Å². The van der Waals surface area contributed by atoms with Crippen LogP contribution in [0, 0.1) is 5.82 Å². The summed E-state index contributed by atoms with van der Waals surface area (Å²) in [4.78, 5) is 41.7. The Hall–Kier alpha value is -3.47. The number of rotatable bonds is 11. The molecule has 2 N–H and O–H groups in total. The maximum Gasteiger partial charge on any atom is 0.419 e. The molecule has 47 heavy (non-hydrogen) atoms. The van der Waals surface area contributed by atoms with Gasteiger partial charge in [-0.3, -0.25) is 14.3 Å². The summed E-state index contributed by atoms with van der Waals surface area (Å²) in [6.45, 7) is 12.1. The van der Waals surface area contributed by atoms with Crippen molar-refractivity contribution < 1.29 is 47.5 Å². The molecule has 1 fully saturated rings. The van der Waals surface area contributed by atoms with Crippen molar-refractivity contribution in [3.8, 4) is 16.9 Å². The molecule has 1 aliphatic heterocycles. The Balaban J connectivity index is 1.85. The van der Waals surface area contributed by atoms with E-state index in [1.165, 1.54) is 24.3 Å². The largest absolute Gasteiger partial charge is 0.508 e. The van der Waals surface area contributed by atoms with Gasteiger partial charge in [0.1, 0.15) is 22.8 Å². The number of aromatic hydroxyl groups is 1. The Bertz CT molecular complexity index is 1440. The number of benzene rings is 2. The van der Waals surface area contributed by atoms with E-state index in [0.717, 1.165) is 10.5 Å². The molecule has 0 saturated carbocycles. The molecule has 0 aromatic heterocycles. The van der Waals surface area contributed by atoms with Gasteiger partial charge in [0.25, 0.3) is 0 Å². The lowest BCUT2D eigenvalue weighted by Gasteiger charge is -2.45. The summed E-state index contributed by atoms with van der Waals surface area (Å²) in [6.07, 6.45) is -1.40. The minimum absolute atomic E-state index is 0.00478.